The minimum Gasteiger partial charge on any atom is -0.445 e. The van der Waals surface area contributed by atoms with Crippen LogP contribution in [-0.2, 0) is 16.1 Å². The maximum atomic E-state index is 11.7. The summed E-state index contributed by atoms with van der Waals surface area (Å²) in [5.41, 5.74) is 0.777. The molecule has 0 spiro atoms. The van der Waals surface area contributed by atoms with Crippen molar-refractivity contribution in [3.05, 3.63) is 35.9 Å². The van der Waals surface area contributed by atoms with Crippen LogP contribution in [0.5, 0.6) is 0 Å². The molecule has 0 aromatic heterocycles. The van der Waals surface area contributed by atoms with Crippen LogP contribution in [0, 0.1) is 0 Å². The van der Waals surface area contributed by atoms with Crippen molar-refractivity contribution in [1.82, 2.24) is 5.32 Å². The summed E-state index contributed by atoms with van der Waals surface area (Å²) in [6.07, 6.45) is -6.49. The fourth-order valence-electron chi connectivity index (χ4n) is 2.15. The van der Waals surface area contributed by atoms with Gasteiger partial charge in [0.2, 0.25) is 0 Å². The number of benzene rings is 1. The standard InChI is InChI=1S/C14H19NO7/c16-6-9-11(17)12(18)10(13(19)22-9)15-14(20)21-7-8-4-2-1-3-5-8/h1-5,9-13,16-19H,6-7H2,(H,15,20)/t9?,10-,11+,12?,13?/m1/s1. The zero-order valence-corrected chi connectivity index (χ0v) is 11.7. The van der Waals surface area contributed by atoms with Crippen molar-refractivity contribution >= 4 is 6.09 Å². The lowest BCUT2D eigenvalue weighted by atomic mass is 9.97. The Hall–Kier alpha value is -1.71. The first-order valence-corrected chi connectivity index (χ1v) is 6.80. The van der Waals surface area contributed by atoms with Gasteiger partial charge in [0.1, 0.15) is 31.0 Å². The first kappa shape index (κ1) is 16.7. The molecular formula is C14H19NO7. The second-order valence-corrected chi connectivity index (χ2v) is 4.96. The summed E-state index contributed by atoms with van der Waals surface area (Å²) in [7, 11) is 0. The largest absolute Gasteiger partial charge is 0.445 e. The van der Waals surface area contributed by atoms with Gasteiger partial charge in [-0.05, 0) is 5.56 Å². The average molecular weight is 313 g/mol. The van der Waals surface area contributed by atoms with Crippen molar-refractivity contribution in [2.24, 2.45) is 0 Å². The molecule has 122 valence electrons. The number of carbonyl (C=O) groups excluding carboxylic acids is 1. The smallest absolute Gasteiger partial charge is 0.407 e. The number of carbonyl (C=O) groups is 1. The van der Waals surface area contributed by atoms with Crippen molar-refractivity contribution < 1.29 is 34.7 Å². The van der Waals surface area contributed by atoms with Crippen LogP contribution in [0.2, 0.25) is 0 Å². The molecule has 0 radical (unpaired) electrons. The Morgan fingerprint density at radius 2 is 1.86 bits per heavy atom. The number of hydrogen-bond acceptors (Lipinski definition) is 7. The van der Waals surface area contributed by atoms with Gasteiger partial charge < -0.3 is 35.2 Å². The molecule has 1 aliphatic rings. The number of ether oxygens (including phenoxy) is 2. The van der Waals surface area contributed by atoms with E-state index in [0.29, 0.717) is 0 Å². The van der Waals surface area contributed by atoms with Crippen LogP contribution in [0.3, 0.4) is 0 Å². The first-order chi connectivity index (χ1) is 10.5. The van der Waals surface area contributed by atoms with Crippen molar-refractivity contribution in [3.63, 3.8) is 0 Å². The second kappa shape index (κ2) is 7.52. The van der Waals surface area contributed by atoms with E-state index >= 15 is 0 Å². The van der Waals surface area contributed by atoms with Gasteiger partial charge in [0.25, 0.3) is 0 Å². The molecule has 0 bridgehead atoms. The van der Waals surface area contributed by atoms with Crippen molar-refractivity contribution in [1.29, 1.82) is 0 Å². The fourth-order valence-corrected chi connectivity index (χ4v) is 2.15. The van der Waals surface area contributed by atoms with E-state index in [1.54, 1.807) is 24.3 Å². The molecule has 1 aromatic rings. The lowest BCUT2D eigenvalue weighted by Gasteiger charge is -2.39. The highest BCUT2D eigenvalue weighted by Gasteiger charge is 2.44. The van der Waals surface area contributed by atoms with Crippen molar-refractivity contribution in [2.75, 3.05) is 6.61 Å². The highest BCUT2D eigenvalue weighted by molar-refractivity contribution is 5.67. The third-order valence-electron chi connectivity index (χ3n) is 3.40. The average Bonchev–Trinajstić information content (AvgIpc) is 2.54. The predicted molar refractivity (Wildman–Crippen MR) is 73.5 cm³/mol. The van der Waals surface area contributed by atoms with Gasteiger partial charge in [0, 0.05) is 0 Å². The zero-order valence-electron chi connectivity index (χ0n) is 11.7. The van der Waals surface area contributed by atoms with E-state index in [2.05, 4.69) is 5.32 Å². The van der Waals surface area contributed by atoms with E-state index < -0.39 is 43.3 Å². The van der Waals surface area contributed by atoms with Gasteiger partial charge in [0.05, 0.1) is 6.61 Å². The number of aliphatic hydroxyl groups excluding tert-OH is 4. The Bertz CT molecular complexity index is 483. The minimum atomic E-state index is -1.57. The van der Waals surface area contributed by atoms with Crippen molar-refractivity contribution in [2.45, 2.75) is 37.3 Å². The quantitative estimate of drug-likeness (QED) is 0.468. The second-order valence-electron chi connectivity index (χ2n) is 4.96. The molecule has 1 amide bonds. The topological polar surface area (TPSA) is 128 Å². The summed E-state index contributed by atoms with van der Waals surface area (Å²) in [6, 6.07) is 7.71. The Morgan fingerprint density at radius 3 is 2.50 bits per heavy atom. The molecular weight excluding hydrogens is 294 g/mol. The summed E-state index contributed by atoms with van der Waals surface area (Å²) in [6.45, 7) is -0.547. The number of rotatable bonds is 4. The summed E-state index contributed by atoms with van der Waals surface area (Å²) < 4.78 is 9.88. The number of hydrogen-bond donors (Lipinski definition) is 5. The summed E-state index contributed by atoms with van der Waals surface area (Å²) in [5.74, 6) is 0. The number of amides is 1. The van der Waals surface area contributed by atoms with Gasteiger partial charge >= 0.3 is 6.09 Å². The Kier molecular flexibility index (Phi) is 5.69. The number of nitrogens with one attached hydrogen (secondary N) is 1. The van der Waals surface area contributed by atoms with Crippen LogP contribution in [0.15, 0.2) is 30.3 Å². The Balaban J connectivity index is 1.87. The van der Waals surface area contributed by atoms with Crippen LogP contribution < -0.4 is 5.32 Å². The van der Waals surface area contributed by atoms with Crippen LogP contribution >= 0.6 is 0 Å². The van der Waals surface area contributed by atoms with E-state index in [4.69, 9.17) is 14.6 Å². The summed E-state index contributed by atoms with van der Waals surface area (Å²) >= 11 is 0. The molecule has 3 unspecified atom stereocenters. The summed E-state index contributed by atoms with van der Waals surface area (Å²) in [5, 5.41) is 40.5. The maximum absolute atomic E-state index is 11.7. The van der Waals surface area contributed by atoms with E-state index in [-0.39, 0.29) is 6.61 Å². The van der Waals surface area contributed by atoms with Crippen molar-refractivity contribution in [3.8, 4) is 0 Å². The minimum absolute atomic E-state index is 0.0221. The molecule has 1 aromatic carbocycles. The first-order valence-electron chi connectivity index (χ1n) is 6.80. The van der Waals surface area contributed by atoms with E-state index in [9.17, 15) is 20.1 Å². The lowest BCUT2D eigenvalue weighted by molar-refractivity contribution is -0.253. The van der Waals surface area contributed by atoms with E-state index in [1.807, 2.05) is 6.07 Å². The molecule has 5 atom stereocenters. The third kappa shape index (κ3) is 3.93. The van der Waals surface area contributed by atoms with E-state index in [1.165, 1.54) is 0 Å². The van der Waals surface area contributed by atoms with Gasteiger partial charge in [-0.3, -0.25) is 0 Å². The van der Waals surface area contributed by atoms with Gasteiger partial charge in [0.15, 0.2) is 6.29 Å². The van der Waals surface area contributed by atoms with Gasteiger partial charge in [-0.25, -0.2) is 4.79 Å². The third-order valence-corrected chi connectivity index (χ3v) is 3.40. The molecule has 1 heterocycles. The highest BCUT2D eigenvalue weighted by atomic mass is 16.6. The summed E-state index contributed by atoms with van der Waals surface area (Å²) in [4.78, 5) is 11.7. The SMILES string of the molecule is O=C(N[C@H]1C(O)OC(CO)[C@H](O)C1O)OCc1ccccc1. The van der Waals surface area contributed by atoms with E-state index in [0.717, 1.165) is 5.56 Å². The Labute approximate surface area is 126 Å². The molecule has 22 heavy (non-hydrogen) atoms. The molecule has 0 aliphatic carbocycles. The normalized spacial score (nSPS) is 31.5. The molecule has 0 saturated carbocycles. The number of alkyl carbamates (subject to hydrolysis) is 1. The van der Waals surface area contributed by atoms with Gasteiger partial charge in [-0.2, -0.15) is 0 Å². The molecule has 1 fully saturated rings. The molecule has 2 rings (SSSR count). The monoisotopic (exact) mass is 313 g/mol. The molecule has 8 nitrogen and oxygen atoms in total. The highest BCUT2D eigenvalue weighted by Crippen LogP contribution is 2.19. The van der Waals surface area contributed by atoms with Crippen LogP contribution in [0.1, 0.15) is 5.56 Å². The van der Waals surface area contributed by atoms with Gasteiger partial charge in [-0.1, -0.05) is 30.3 Å². The molecule has 5 N–H and O–H groups in total. The van der Waals surface area contributed by atoms with Crippen LogP contribution in [-0.4, -0.2) is 63.8 Å². The van der Waals surface area contributed by atoms with Crippen LogP contribution in [0.4, 0.5) is 4.79 Å². The zero-order chi connectivity index (χ0) is 16.1. The molecule has 8 heteroatoms. The fraction of sp³-hybridized carbons (Fsp3) is 0.500. The maximum Gasteiger partial charge on any atom is 0.407 e. The molecule has 1 saturated heterocycles. The molecule has 1 aliphatic heterocycles. The number of aliphatic hydroxyl groups is 4. The Morgan fingerprint density at radius 1 is 1.18 bits per heavy atom. The lowest BCUT2D eigenvalue weighted by Crippen LogP contribution is -2.64. The van der Waals surface area contributed by atoms with Crippen LogP contribution in [0.25, 0.3) is 0 Å². The van der Waals surface area contributed by atoms with Gasteiger partial charge in [-0.15, -0.1) is 0 Å². The predicted octanol–water partition coefficient (Wildman–Crippen LogP) is -1.29.